The number of aromatic nitrogens is 2. The van der Waals surface area contributed by atoms with Gasteiger partial charge in [-0.25, -0.2) is 0 Å². The van der Waals surface area contributed by atoms with Crippen molar-refractivity contribution in [3.8, 4) is 0 Å². The minimum absolute atomic E-state index is 0.744. The lowest BCUT2D eigenvalue weighted by molar-refractivity contribution is 0.226. The van der Waals surface area contributed by atoms with Crippen LogP contribution in [-0.4, -0.2) is 41.8 Å². The summed E-state index contributed by atoms with van der Waals surface area (Å²) in [6, 6.07) is 8.34. The fourth-order valence-electron chi connectivity index (χ4n) is 2.88. The molecule has 1 aromatic heterocycles. The molecule has 4 nitrogen and oxygen atoms in total. The van der Waals surface area contributed by atoms with E-state index in [0.29, 0.717) is 0 Å². The SMILES string of the molecule is Cc1nnc(NCC2CCN(C)CC2)c2ccccc12. The first-order valence-electron chi connectivity index (χ1n) is 7.38. The number of aryl methyl sites for hydroxylation is 1. The zero-order valence-electron chi connectivity index (χ0n) is 12.3. The van der Waals surface area contributed by atoms with Gasteiger partial charge in [-0.15, -0.1) is 5.10 Å². The van der Waals surface area contributed by atoms with Gasteiger partial charge in [-0.3, -0.25) is 0 Å². The van der Waals surface area contributed by atoms with Gasteiger partial charge in [0.15, 0.2) is 5.82 Å². The summed E-state index contributed by atoms with van der Waals surface area (Å²) in [6.45, 7) is 5.41. The van der Waals surface area contributed by atoms with Crippen molar-refractivity contribution in [3.63, 3.8) is 0 Å². The lowest BCUT2D eigenvalue weighted by Gasteiger charge is -2.29. The summed E-state index contributed by atoms with van der Waals surface area (Å²) in [5.74, 6) is 1.66. The molecule has 106 valence electrons. The van der Waals surface area contributed by atoms with Crippen LogP contribution >= 0.6 is 0 Å². The molecule has 0 bridgehead atoms. The molecule has 3 rings (SSSR count). The Morgan fingerprint density at radius 2 is 1.85 bits per heavy atom. The van der Waals surface area contributed by atoms with E-state index in [9.17, 15) is 0 Å². The van der Waals surface area contributed by atoms with E-state index in [1.807, 2.05) is 6.92 Å². The molecule has 1 aromatic carbocycles. The van der Waals surface area contributed by atoms with Gasteiger partial charge in [-0.2, -0.15) is 5.10 Å². The maximum absolute atomic E-state index is 4.33. The predicted molar refractivity (Wildman–Crippen MR) is 83.0 cm³/mol. The molecule has 0 atom stereocenters. The van der Waals surface area contributed by atoms with Crippen LogP contribution < -0.4 is 5.32 Å². The van der Waals surface area contributed by atoms with Crippen LogP contribution in [0.15, 0.2) is 24.3 Å². The summed E-state index contributed by atoms with van der Waals surface area (Å²) < 4.78 is 0. The molecule has 4 heteroatoms. The van der Waals surface area contributed by atoms with E-state index in [1.165, 1.54) is 36.7 Å². The number of fused-ring (bicyclic) bond motifs is 1. The highest BCUT2D eigenvalue weighted by atomic mass is 15.2. The van der Waals surface area contributed by atoms with E-state index >= 15 is 0 Å². The molecule has 0 amide bonds. The number of hydrogen-bond acceptors (Lipinski definition) is 4. The van der Waals surface area contributed by atoms with Gasteiger partial charge in [0, 0.05) is 17.3 Å². The number of nitrogens with zero attached hydrogens (tertiary/aromatic N) is 3. The number of likely N-dealkylation sites (tertiary alicyclic amines) is 1. The van der Waals surface area contributed by atoms with E-state index < -0.39 is 0 Å². The zero-order chi connectivity index (χ0) is 13.9. The van der Waals surface area contributed by atoms with Crippen LogP contribution in [0.1, 0.15) is 18.5 Å². The normalized spacial score (nSPS) is 17.5. The molecule has 0 unspecified atom stereocenters. The van der Waals surface area contributed by atoms with Crippen LogP contribution in [0.25, 0.3) is 10.8 Å². The summed E-state index contributed by atoms with van der Waals surface area (Å²) in [7, 11) is 2.20. The first-order valence-corrected chi connectivity index (χ1v) is 7.38. The Morgan fingerprint density at radius 1 is 1.15 bits per heavy atom. The molecular formula is C16H22N4. The Morgan fingerprint density at radius 3 is 2.60 bits per heavy atom. The van der Waals surface area contributed by atoms with Crippen LogP contribution in [0.5, 0.6) is 0 Å². The quantitative estimate of drug-likeness (QED) is 0.931. The number of benzene rings is 1. The molecule has 0 spiro atoms. The van der Waals surface area contributed by atoms with Crippen LogP contribution in [0, 0.1) is 12.8 Å². The molecule has 20 heavy (non-hydrogen) atoms. The van der Waals surface area contributed by atoms with Crippen LogP contribution in [0.3, 0.4) is 0 Å². The van der Waals surface area contributed by atoms with Gasteiger partial charge in [0.2, 0.25) is 0 Å². The molecule has 0 saturated carbocycles. The number of hydrogen-bond donors (Lipinski definition) is 1. The number of rotatable bonds is 3. The molecule has 2 aromatic rings. The second-order valence-corrected chi connectivity index (χ2v) is 5.81. The third-order valence-electron chi connectivity index (χ3n) is 4.27. The van der Waals surface area contributed by atoms with Crippen molar-refractivity contribution in [1.82, 2.24) is 15.1 Å². The maximum atomic E-state index is 4.33. The minimum Gasteiger partial charge on any atom is -0.368 e. The van der Waals surface area contributed by atoms with Gasteiger partial charge in [-0.1, -0.05) is 24.3 Å². The Bertz CT molecular complexity index is 588. The number of piperidine rings is 1. The van der Waals surface area contributed by atoms with Crippen molar-refractivity contribution in [2.24, 2.45) is 5.92 Å². The van der Waals surface area contributed by atoms with E-state index in [4.69, 9.17) is 0 Å². The monoisotopic (exact) mass is 270 g/mol. The second kappa shape index (κ2) is 5.75. The Balaban J connectivity index is 1.73. The maximum Gasteiger partial charge on any atom is 0.156 e. The Kier molecular flexibility index (Phi) is 3.83. The van der Waals surface area contributed by atoms with E-state index in [0.717, 1.165) is 24.0 Å². The molecule has 2 heterocycles. The summed E-state index contributed by atoms with van der Waals surface area (Å²) in [4.78, 5) is 2.40. The third-order valence-corrected chi connectivity index (χ3v) is 4.27. The standard InChI is InChI=1S/C16H22N4/c1-12-14-5-3-4-6-15(14)16(19-18-12)17-11-13-7-9-20(2)10-8-13/h3-6,13H,7-11H2,1-2H3,(H,17,19). The molecule has 0 aliphatic carbocycles. The van der Waals surface area contributed by atoms with Crippen LogP contribution in [0.2, 0.25) is 0 Å². The average molecular weight is 270 g/mol. The van der Waals surface area contributed by atoms with Gasteiger partial charge >= 0.3 is 0 Å². The van der Waals surface area contributed by atoms with Crippen molar-refractivity contribution >= 4 is 16.6 Å². The topological polar surface area (TPSA) is 41.1 Å². The fraction of sp³-hybridized carbons (Fsp3) is 0.500. The summed E-state index contributed by atoms with van der Waals surface area (Å²) in [5, 5.41) is 14.5. The lowest BCUT2D eigenvalue weighted by Crippen LogP contribution is -2.33. The average Bonchev–Trinajstić information content (AvgIpc) is 2.49. The number of nitrogens with one attached hydrogen (secondary N) is 1. The number of anilines is 1. The van der Waals surface area contributed by atoms with E-state index in [1.54, 1.807) is 0 Å². The molecule has 1 aliphatic heterocycles. The molecule has 1 aliphatic rings. The van der Waals surface area contributed by atoms with Crippen molar-refractivity contribution in [1.29, 1.82) is 0 Å². The van der Waals surface area contributed by atoms with Crippen molar-refractivity contribution in [3.05, 3.63) is 30.0 Å². The van der Waals surface area contributed by atoms with Crippen molar-refractivity contribution in [2.75, 3.05) is 32.0 Å². The summed E-state index contributed by atoms with van der Waals surface area (Å²) in [6.07, 6.45) is 2.53. The van der Waals surface area contributed by atoms with Crippen LogP contribution in [0.4, 0.5) is 5.82 Å². The van der Waals surface area contributed by atoms with Gasteiger partial charge in [0.1, 0.15) is 0 Å². The first kappa shape index (κ1) is 13.3. The van der Waals surface area contributed by atoms with Gasteiger partial charge in [-0.05, 0) is 45.8 Å². The van der Waals surface area contributed by atoms with Gasteiger partial charge in [0.05, 0.1) is 5.69 Å². The largest absolute Gasteiger partial charge is 0.368 e. The molecule has 0 radical (unpaired) electrons. The van der Waals surface area contributed by atoms with Gasteiger partial charge < -0.3 is 10.2 Å². The lowest BCUT2D eigenvalue weighted by atomic mass is 9.97. The third kappa shape index (κ3) is 2.75. The Labute approximate surface area is 120 Å². The second-order valence-electron chi connectivity index (χ2n) is 5.81. The van der Waals surface area contributed by atoms with E-state index in [-0.39, 0.29) is 0 Å². The Hall–Kier alpha value is -1.68. The summed E-state index contributed by atoms with van der Waals surface area (Å²) in [5.41, 5.74) is 0.991. The molecule has 1 saturated heterocycles. The molecular weight excluding hydrogens is 248 g/mol. The van der Waals surface area contributed by atoms with Crippen LogP contribution in [-0.2, 0) is 0 Å². The molecule has 1 N–H and O–H groups in total. The summed E-state index contributed by atoms with van der Waals surface area (Å²) >= 11 is 0. The highest BCUT2D eigenvalue weighted by molar-refractivity contribution is 5.92. The zero-order valence-corrected chi connectivity index (χ0v) is 12.3. The minimum atomic E-state index is 0.744. The first-order chi connectivity index (χ1) is 9.74. The van der Waals surface area contributed by atoms with Crippen molar-refractivity contribution < 1.29 is 0 Å². The smallest absolute Gasteiger partial charge is 0.156 e. The van der Waals surface area contributed by atoms with E-state index in [2.05, 4.69) is 51.7 Å². The fourth-order valence-corrected chi connectivity index (χ4v) is 2.88. The highest BCUT2D eigenvalue weighted by Gasteiger charge is 2.17. The highest BCUT2D eigenvalue weighted by Crippen LogP contribution is 2.23. The van der Waals surface area contributed by atoms with Gasteiger partial charge in [0.25, 0.3) is 0 Å². The molecule has 1 fully saturated rings. The van der Waals surface area contributed by atoms with Crippen molar-refractivity contribution in [2.45, 2.75) is 19.8 Å². The predicted octanol–water partition coefficient (Wildman–Crippen LogP) is 2.69.